The van der Waals surface area contributed by atoms with Crippen molar-refractivity contribution in [2.75, 3.05) is 46.4 Å². The first-order valence-corrected chi connectivity index (χ1v) is 9.33. The van der Waals surface area contributed by atoms with Gasteiger partial charge in [-0.2, -0.15) is 0 Å². The summed E-state index contributed by atoms with van der Waals surface area (Å²) in [5, 5.41) is 3.68. The Labute approximate surface area is 160 Å². The first-order chi connectivity index (χ1) is 11.8. The lowest BCUT2D eigenvalue weighted by atomic mass is 10.0. The fourth-order valence-electron chi connectivity index (χ4n) is 3.11. The van der Waals surface area contributed by atoms with Crippen molar-refractivity contribution in [3.63, 3.8) is 0 Å². The predicted molar refractivity (Wildman–Crippen MR) is 103 cm³/mol. The van der Waals surface area contributed by atoms with E-state index in [1.807, 2.05) is 0 Å². The highest BCUT2D eigenvalue weighted by Gasteiger charge is 2.30. The van der Waals surface area contributed by atoms with Crippen LogP contribution < -0.4 is 10.1 Å². The molecule has 0 aromatic heterocycles. The van der Waals surface area contributed by atoms with E-state index in [4.69, 9.17) is 27.9 Å². The second-order valence-corrected chi connectivity index (χ2v) is 7.67. The molecule has 1 saturated heterocycles. The van der Waals surface area contributed by atoms with Crippen molar-refractivity contribution in [2.24, 2.45) is 0 Å². The van der Waals surface area contributed by atoms with Gasteiger partial charge in [-0.15, -0.1) is 0 Å². The van der Waals surface area contributed by atoms with Gasteiger partial charge in [0.2, 0.25) is 0 Å². The van der Waals surface area contributed by atoms with Crippen LogP contribution in [0.15, 0.2) is 12.1 Å². The van der Waals surface area contributed by atoms with Crippen LogP contribution in [0.3, 0.4) is 0 Å². The summed E-state index contributed by atoms with van der Waals surface area (Å²) in [5.41, 5.74) is 0.136. The van der Waals surface area contributed by atoms with Crippen LogP contribution in [0.2, 0.25) is 10.0 Å². The molecule has 1 amide bonds. The first kappa shape index (κ1) is 20.3. The Hall–Kier alpha value is -1.01. The molecule has 1 aliphatic rings. The molecule has 1 aliphatic heterocycles. The Kier molecular flexibility index (Phi) is 6.97. The number of nitrogens with one attached hydrogen (secondary N) is 1. The summed E-state index contributed by atoms with van der Waals surface area (Å²) in [5.74, 6) is 0.0330. The van der Waals surface area contributed by atoms with E-state index in [1.165, 1.54) is 7.11 Å². The van der Waals surface area contributed by atoms with Crippen molar-refractivity contribution in [1.82, 2.24) is 15.1 Å². The SMILES string of the molecule is CCN1CCN(C(C)(C)CNC(=O)c2c(Cl)ccc(Cl)c2OC)CC1. The van der Waals surface area contributed by atoms with Crippen LogP contribution >= 0.6 is 23.2 Å². The molecule has 5 nitrogen and oxygen atoms in total. The number of benzene rings is 1. The second kappa shape index (κ2) is 8.58. The van der Waals surface area contributed by atoms with Crippen LogP contribution in [0, 0.1) is 0 Å². The van der Waals surface area contributed by atoms with E-state index in [1.54, 1.807) is 12.1 Å². The summed E-state index contributed by atoms with van der Waals surface area (Å²) in [6.45, 7) is 12.2. The topological polar surface area (TPSA) is 44.8 Å². The summed E-state index contributed by atoms with van der Waals surface area (Å²) in [6.07, 6.45) is 0. The number of ether oxygens (including phenoxy) is 1. The Morgan fingerprint density at radius 3 is 2.36 bits per heavy atom. The zero-order valence-corrected chi connectivity index (χ0v) is 16.9. The zero-order chi connectivity index (χ0) is 18.6. The minimum atomic E-state index is -0.274. The monoisotopic (exact) mass is 387 g/mol. The van der Waals surface area contributed by atoms with Crippen LogP contribution in [0.5, 0.6) is 5.75 Å². The molecule has 0 spiro atoms. The number of amides is 1. The Bertz CT molecular complexity index is 615. The molecule has 0 unspecified atom stereocenters. The number of nitrogens with zero attached hydrogens (tertiary/aromatic N) is 2. The molecule has 0 saturated carbocycles. The van der Waals surface area contributed by atoms with Gasteiger partial charge in [0.15, 0.2) is 5.75 Å². The van der Waals surface area contributed by atoms with Crippen molar-refractivity contribution in [3.05, 3.63) is 27.7 Å². The summed E-state index contributed by atoms with van der Waals surface area (Å²) in [6, 6.07) is 3.23. The number of likely N-dealkylation sites (N-methyl/N-ethyl adjacent to an activating group) is 1. The van der Waals surface area contributed by atoms with Gasteiger partial charge in [-0.1, -0.05) is 30.1 Å². The number of carbonyl (C=O) groups is 1. The van der Waals surface area contributed by atoms with Crippen molar-refractivity contribution >= 4 is 29.1 Å². The first-order valence-electron chi connectivity index (χ1n) is 8.57. The maximum absolute atomic E-state index is 12.7. The van der Waals surface area contributed by atoms with Gasteiger partial charge in [-0.05, 0) is 32.5 Å². The molecule has 0 bridgehead atoms. The highest BCUT2D eigenvalue weighted by molar-refractivity contribution is 6.37. The molecular formula is C18H27Cl2N3O2. The lowest BCUT2D eigenvalue weighted by molar-refractivity contribution is 0.0521. The summed E-state index contributed by atoms with van der Waals surface area (Å²) >= 11 is 12.3. The quantitative estimate of drug-likeness (QED) is 0.813. The minimum Gasteiger partial charge on any atom is -0.494 e. The van der Waals surface area contributed by atoms with Crippen molar-refractivity contribution < 1.29 is 9.53 Å². The fourth-order valence-corrected chi connectivity index (χ4v) is 3.58. The number of carbonyl (C=O) groups excluding carboxylic acids is 1. The number of hydrogen-bond donors (Lipinski definition) is 1. The molecule has 1 aromatic carbocycles. The predicted octanol–water partition coefficient (Wildman–Crippen LogP) is 3.15. The third-order valence-electron chi connectivity index (χ3n) is 4.85. The molecule has 25 heavy (non-hydrogen) atoms. The molecule has 0 radical (unpaired) electrons. The molecule has 0 atom stereocenters. The van der Waals surface area contributed by atoms with Gasteiger partial charge in [0.25, 0.3) is 5.91 Å². The maximum atomic E-state index is 12.7. The number of rotatable bonds is 6. The van der Waals surface area contributed by atoms with Gasteiger partial charge in [-0.3, -0.25) is 9.69 Å². The maximum Gasteiger partial charge on any atom is 0.256 e. The Morgan fingerprint density at radius 2 is 1.80 bits per heavy atom. The molecule has 0 aliphatic carbocycles. The van der Waals surface area contributed by atoms with Gasteiger partial charge in [-0.25, -0.2) is 0 Å². The highest BCUT2D eigenvalue weighted by Crippen LogP contribution is 2.33. The number of methoxy groups -OCH3 is 1. The summed E-state index contributed by atoms with van der Waals surface area (Å²) in [7, 11) is 1.48. The fraction of sp³-hybridized carbons (Fsp3) is 0.611. The normalized spacial score (nSPS) is 16.7. The van der Waals surface area contributed by atoms with Crippen LogP contribution in [0.4, 0.5) is 0 Å². The van der Waals surface area contributed by atoms with Crippen molar-refractivity contribution in [2.45, 2.75) is 26.3 Å². The van der Waals surface area contributed by atoms with E-state index in [2.05, 4.69) is 35.9 Å². The Morgan fingerprint density at radius 1 is 1.20 bits per heavy atom. The number of piperazine rings is 1. The van der Waals surface area contributed by atoms with Gasteiger partial charge in [0, 0.05) is 38.3 Å². The highest BCUT2D eigenvalue weighted by atomic mass is 35.5. The van der Waals surface area contributed by atoms with Crippen LogP contribution in [0.1, 0.15) is 31.1 Å². The van der Waals surface area contributed by atoms with E-state index < -0.39 is 0 Å². The third-order valence-corrected chi connectivity index (χ3v) is 5.46. The smallest absolute Gasteiger partial charge is 0.256 e. The van der Waals surface area contributed by atoms with Gasteiger partial charge >= 0.3 is 0 Å². The Balaban J connectivity index is 2.03. The summed E-state index contributed by atoms with van der Waals surface area (Å²) in [4.78, 5) is 17.5. The molecular weight excluding hydrogens is 361 g/mol. The van der Waals surface area contributed by atoms with Gasteiger partial charge in [0.1, 0.15) is 5.56 Å². The number of hydrogen-bond acceptors (Lipinski definition) is 4. The molecule has 2 rings (SSSR count). The van der Waals surface area contributed by atoms with Crippen molar-refractivity contribution in [3.8, 4) is 5.75 Å². The van der Waals surface area contributed by atoms with Crippen LogP contribution in [0.25, 0.3) is 0 Å². The van der Waals surface area contributed by atoms with Crippen LogP contribution in [-0.4, -0.2) is 67.6 Å². The van der Waals surface area contributed by atoms with E-state index >= 15 is 0 Å². The van der Waals surface area contributed by atoms with Gasteiger partial charge < -0.3 is 15.0 Å². The average molecular weight is 388 g/mol. The van der Waals surface area contributed by atoms with Gasteiger partial charge in [0.05, 0.1) is 17.2 Å². The van der Waals surface area contributed by atoms with Crippen molar-refractivity contribution in [1.29, 1.82) is 0 Å². The number of halogens is 2. The summed E-state index contributed by atoms with van der Waals surface area (Å²) < 4.78 is 5.26. The molecule has 1 fully saturated rings. The molecule has 1 heterocycles. The standard InChI is InChI=1S/C18H27Cl2N3O2/c1-5-22-8-10-23(11-9-22)18(2,3)12-21-17(24)15-13(19)6-7-14(20)16(15)25-4/h6-7H,5,8-12H2,1-4H3,(H,21,24). The molecule has 140 valence electrons. The largest absolute Gasteiger partial charge is 0.494 e. The second-order valence-electron chi connectivity index (χ2n) is 6.85. The van der Waals surface area contributed by atoms with E-state index in [0.29, 0.717) is 22.3 Å². The van der Waals surface area contributed by atoms with E-state index in [-0.39, 0.29) is 17.0 Å². The average Bonchev–Trinajstić information content (AvgIpc) is 2.61. The zero-order valence-electron chi connectivity index (χ0n) is 15.4. The molecule has 1 N–H and O–H groups in total. The van der Waals surface area contributed by atoms with E-state index in [9.17, 15) is 4.79 Å². The molecule has 7 heteroatoms. The molecule has 1 aromatic rings. The van der Waals surface area contributed by atoms with E-state index in [0.717, 1.165) is 32.7 Å². The lowest BCUT2D eigenvalue weighted by Crippen LogP contribution is -2.58. The minimum absolute atomic E-state index is 0.145. The third kappa shape index (κ3) is 4.79. The van der Waals surface area contributed by atoms with Crippen LogP contribution in [-0.2, 0) is 0 Å². The lowest BCUT2D eigenvalue weighted by Gasteiger charge is -2.44.